The first-order valence-corrected chi connectivity index (χ1v) is 9.35. The fourth-order valence-electron chi connectivity index (χ4n) is 2.34. The van der Waals surface area contributed by atoms with Gasteiger partial charge in [-0.3, -0.25) is 4.79 Å². The molecule has 2 unspecified atom stereocenters. The minimum absolute atomic E-state index is 0.261. The quantitative estimate of drug-likeness (QED) is 0.531. The van der Waals surface area contributed by atoms with Gasteiger partial charge in [0.25, 0.3) is 0 Å². The Morgan fingerprint density at radius 3 is 2.20 bits per heavy atom. The Morgan fingerprint density at radius 2 is 1.76 bits per heavy atom. The molecule has 142 valence electrons. The lowest BCUT2D eigenvalue weighted by Crippen LogP contribution is -2.41. The third kappa shape index (κ3) is 6.41. The molecule has 0 aliphatic heterocycles. The molecular formula is C18H29NO5S. The monoisotopic (exact) mass is 371 g/mol. The Kier molecular flexibility index (Phi) is 8.55. The van der Waals surface area contributed by atoms with E-state index >= 15 is 0 Å². The van der Waals surface area contributed by atoms with E-state index in [0.717, 1.165) is 5.56 Å². The fourth-order valence-corrected chi connectivity index (χ4v) is 3.19. The van der Waals surface area contributed by atoms with Crippen molar-refractivity contribution in [3.05, 3.63) is 23.8 Å². The maximum absolute atomic E-state index is 12.6. The third-order valence-corrected chi connectivity index (χ3v) is 5.33. The van der Waals surface area contributed by atoms with Crippen LogP contribution in [0.25, 0.3) is 0 Å². The van der Waals surface area contributed by atoms with E-state index in [1.807, 2.05) is 39.0 Å². The Hall–Kier alpha value is -1.44. The van der Waals surface area contributed by atoms with Crippen LogP contribution in [-0.2, 0) is 20.9 Å². The molecule has 0 saturated heterocycles. The Morgan fingerprint density at radius 1 is 1.20 bits per heavy atom. The molecule has 6 nitrogen and oxygen atoms in total. The molecule has 1 rings (SSSR count). The Labute approximate surface area is 153 Å². The topological polar surface area (TPSA) is 79.9 Å². The summed E-state index contributed by atoms with van der Waals surface area (Å²) in [7, 11) is 4.55. The first-order valence-electron chi connectivity index (χ1n) is 8.20. The first kappa shape index (κ1) is 21.6. The minimum atomic E-state index is -1.28. The number of nitrogens with one attached hydrogen (secondary N) is 1. The number of carbonyl (C=O) groups is 1. The van der Waals surface area contributed by atoms with E-state index < -0.39 is 16.1 Å². The largest absolute Gasteiger partial charge is 0.598 e. The Balaban J connectivity index is 3.11. The second kappa shape index (κ2) is 9.89. The van der Waals surface area contributed by atoms with Gasteiger partial charge in [0.2, 0.25) is 0 Å². The van der Waals surface area contributed by atoms with Gasteiger partial charge >= 0.3 is 5.97 Å². The number of benzene rings is 1. The fraction of sp³-hybridized carbons (Fsp3) is 0.611. The van der Waals surface area contributed by atoms with E-state index in [-0.39, 0.29) is 12.0 Å². The van der Waals surface area contributed by atoms with Crippen LogP contribution in [0.1, 0.15) is 51.6 Å². The van der Waals surface area contributed by atoms with Crippen molar-refractivity contribution in [2.75, 3.05) is 21.3 Å². The van der Waals surface area contributed by atoms with Crippen molar-refractivity contribution in [1.29, 1.82) is 0 Å². The highest BCUT2D eigenvalue weighted by Gasteiger charge is 2.32. The lowest BCUT2D eigenvalue weighted by Gasteiger charge is -2.29. The predicted octanol–water partition coefficient (Wildman–Crippen LogP) is 3.14. The Bertz CT molecular complexity index is 537. The smallest absolute Gasteiger partial charge is 0.305 e. The van der Waals surface area contributed by atoms with Crippen LogP contribution in [0.5, 0.6) is 11.5 Å². The number of esters is 1. The van der Waals surface area contributed by atoms with Crippen molar-refractivity contribution < 1.29 is 23.6 Å². The number of methoxy groups -OCH3 is 3. The summed E-state index contributed by atoms with van der Waals surface area (Å²) in [5.41, 5.74) is 0.801. The molecule has 1 aromatic rings. The van der Waals surface area contributed by atoms with Crippen molar-refractivity contribution in [2.45, 2.75) is 50.8 Å². The second-order valence-corrected chi connectivity index (χ2v) is 8.59. The van der Waals surface area contributed by atoms with E-state index in [9.17, 15) is 9.35 Å². The number of hydrogen-bond acceptors (Lipinski definition) is 6. The summed E-state index contributed by atoms with van der Waals surface area (Å²) in [5, 5.41) is 0. The van der Waals surface area contributed by atoms with Gasteiger partial charge in [0, 0.05) is 17.8 Å². The molecule has 1 N–H and O–H groups in total. The summed E-state index contributed by atoms with van der Waals surface area (Å²) in [4.78, 5) is 11.4. The highest BCUT2D eigenvalue weighted by atomic mass is 32.2. The zero-order valence-corrected chi connectivity index (χ0v) is 16.7. The molecule has 0 amide bonds. The molecule has 0 spiro atoms. The van der Waals surface area contributed by atoms with E-state index in [1.165, 1.54) is 7.11 Å². The zero-order chi connectivity index (χ0) is 19.0. The van der Waals surface area contributed by atoms with E-state index in [1.54, 1.807) is 14.2 Å². The molecule has 0 fully saturated rings. The van der Waals surface area contributed by atoms with Crippen LogP contribution in [-0.4, -0.2) is 36.6 Å². The highest BCUT2D eigenvalue weighted by molar-refractivity contribution is 7.90. The van der Waals surface area contributed by atoms with Gasteiger partial charge in [-0.15, -0.1) is 4.72 Å². The average molecular weight is 371 g/mol. The number of ether oxygens (including phenoxy) is 3. The van der Waals surface area contributed by atoms with Crippen LogP contribution in [0.3, 0.4) is 0 Å². The lowest BCUT2D eigenvalue weighted by molar-refractivity contribution is -0.140. The highest BCUT2D eigenvalue weighted by Crippen LogP contribution is 2.37. The molecule has 1 aromatic carbocycles. The average Bonchev–Trinajstić information content (AvgIpc) is 2.58. The molecule has 25 heavy (non-hydrogen) atoms. The predicted molar refractivity (Wildman–Crippen MR) is 99.2 cm³/mol. The number of rotatable bonds is 9. The summed E-state index contributed by atoms with van der Waals surface area (Å²) in [5.74, 6) is 1.05. The minimum Gasteiger partial charge on any atom is -0.598 e. The van der Waals surface area contributed by atoms with Crippen LogP contribution < -0.4 is 14.2 Å². The van der Waals surface area contributed by atoms with Crippen molar-refractivity contribution >= 4 is 17.3 Å². The molecule has 0 radical (unpaired) electrons. The standard InChI is InChI=1S/C18H29NO5S/c1-18(2,3)25(21)19-13(9-7-12-16(20)24-6)17-14(22-4)10-8-11-15(17)23-5/h8,10-11,13,19H,7,9,12H2,1-6H3. The molecule has 7 heteroatoms. The summed E-state index contributed by atoms with van der Waals surface area (Å²) in [6.45, 7) is 5.71. The number of carbonyl (C=O) groups excluding carboxylic acids is 1. The first-order chi connectivity index (χ1) is 11.7. The molecule has 0 saturated carbocycles. The van der Waals surface area contributed by atoms with Gasteiger partial charge in [0.05, 0.1) is 32.9 Å². The van der Waals surface area contributed by atoms with Gasteiger partial charge in [-0.25, -0.2) is 0 Å². The van der Waals surface area contributed by atoms with Gasteiger partial charge < -0.3 is 18.8 Å². The molecule has 0 aliphatic carbocycles. The van der Waals surface area contributed by atoms with E-state index in [4.69, 9.17) is 14.2 Å². The van der Waals surface area contributed by atoms with Crippen molar-refractivity contribution in [3.8, 4) is 11.5 Å². The van der Waals surface area contributed by atoms with Crippen molar-refractivity contribution in [1.82, 2.24) is 4.72 Å². The summed E-state index contributed by atoms with van der Waals surface area (Å²) in [6, 6.07) is 5.24. The summed E-state index contributed by atoms with van der Waals surface area (Å²) >= 11 is -1.28. The van der Waals surface area contributed by atoms with Crippen LogP contribution >= 0.6 is 0 Å². The lowest BCUT2D eigenvalue weighted by atomic mass is 9.99. The van der Waals surface area contributed by atoms with Gasteiger partial charge in [-0.1, -0.05) is 6.07 Å². The second-order valence-electron chi connectivity index (χ2n) is 6.60. The van der Waals surface area contributed by atoms with Crippen LogP contribution in [0.4, 0.5) is 0 Å². The van der Waals surface area contributed by atoms with Gasteiger partial charge in [-0.05, 0) is 45.7 Å². The van der Waals surface area contributed by atoms with E-state index in [2.05, 4.69) is 4.72 Å². The van der Waals surface area contributed by atoms with Crippen LogP contribution in [0.15, 0.2) is 18.2 Å². The van der Waals surface area contributed by atoms with Crippen molar-refractivity contribution in [2.24, 2.45) is 0 Å². The van der Waals surface area contributed by atoms with Crippen LogP contribution in [0, 0.1) is 0 Å². The number of hydrogen-bond donors (Lipinski definition) is 1. The van der Waals surface area contributed by atoms with Gasteiger partial charge in [0.1, 0.15) is 16.2 Å². The van der Waals surface area contributed by atoms with Crippen molar-refractivity contribution in [3.63, 3.8) is 0 Å². The van der Waals surface area contributed by atoms with Gasteiger partial charge in [-0.2, -0.15) is 0 Å². The van der Waals surface area contributed by atoms with Crippen LogP contribution in [0.2, 0.25) is 0 Å². The molecule has 0 aromatic heterocycles. The zero-order valence-electron chi connectivity index (χ0n) is 15.9. The molecule has 0 aliphatic rings. The van der Waals surface area contributed by atoms with Gasteiger partial charge in [0.15, 0.2) is 0 Å². The summed E-state index contributed by atoms with van der Waals surface area (Å²) < 4.78 is 31.0. The third-order valence-electron chi connectivity index (χ3n) is 3.72. The molecule has 0 heterocycles. The molecule has 2 atom stereocenters. The normalized spacial score (nSPS) is 13.9. The summed E-state index contributed by atoms with van der Waals surface area (Å²) in [6.07, 6.45) is 1.48. The maximum atomic E-state index is 12.6. The molecular weight excluding hydrogens is 342 g/mol. The maximum Gasteiger partial charge on any atom is 0.305 e. The SMILES string of the molecule is COC(=O)CCCC(N[S+]([O-])C(C)(C)C)c1c(OC)cccc1OC. The molecule has 0 bridgehead atoms. The van der Waals surface area contributed by atoms with E-state index in [0.29, 0.717) is 30.8 Å².